The Labute approximate surface area is 173 Å². The lowest BCUT2D eigenvalue weighted by molar-refractivity contribution is -0.148. The van der Waals surface area contributed by atoms with Crippen molar-refractivity contribution in [1.82, 2.24) is 15.0 Å². The highest BCUT2D eigenvalue weighted by molar-refractivity contribution is 5.93. The van der Waals surface area contributed by atoms with Gasteiger partial charge in [0.25, 0.3) is 0 Å². The number of rotatable bonds is 5. The molecule has 2 unspecified atom stereocenters. The minimum absolute atomic E-state index is 0.154. The van der Waals surface area contributed by atoms with Gasteiger partial charge in [-0.2, -0.15) is 0 Å². The lowest BCUT2D eigenvalue weighted by Crippen LogP contribution is -2.51. The van der Waals surface area contributed by atoms with Gasteiger partial charge in [0.05, 0.1) is 17.8 Å². The third-order valence-corrected chi connectivity index (χ3v) is 6.73. The summed E-state index contributed by atoms with van der Waals surface area (Å²) in [7, 11) is 0. The molecule has 3 aliphatic rings. The number of aliphatic carboxylic acids is 1. The fourth-order valence-corrected chi connectivity index (χ4v) is 5.26. The zero-order valence-corrected chi connectivity index (χ0v) is 16.4. The first kappa shape index (κ1) is 18.8. The van der Waals surface area contributed by atoms with E-state index in [1.807, 2.05) is 12.1 Å². The van der Waals surface area contributed by atoms with Crippen LogP contribution < -0.4 is 5.32 Å². The zero-order chi connectivity index (χ0) is 20.8. The van der Waals surface area contributed by atoms with Crippen molar-refractivity contribution in [3.63, 3.8) is 0 Å². The van der Waals surface area contributed by atoms with Crippen LogP contribution in [0.2, 0.25) is 0 Å². The Balaban J connectivity index is 1.54. The number of fused-ring (bicyclic) bond motifs is 4. The highest BCUT2D eigenvalue weighted by atomic mass is 19.1. The molecule has 0 radical (unpaired) electrons. The summed E-state index contributed by atoms with van der Waals surface area (Å²) in [5.74, 6) is -0.408. The number of anilines is 1. The first-order valence-electron chi connectivity index (χ1n) is 10.3. The van der Waals surface area contributed by atoms with Crippen molar-refractivity contribution in [2.24, 2.45) is 17.8 Å². The van der Waals surface area contributed by atoms with Crippen molar-refractivity contribution in [2.75, 3.05) is 5.32 Å². The summed E-state index contributed by atoms with van der Waals surface area (Å²) in [6.45, 7) is 3.88. The van der Waals surface area contributed by atoms with Crippen LogP contribution in [0.4, 0.5) is 10.2 Å². The van der Waals surface area contributed by atoms with E-state index in [1.54, 1.807) is 12.3 Å². The second-order valence-corrected chi connectivity index (χ2v) is 8.30. The number of nitrogens with one attached hydrogen (secondary N) is 2. The van der Waals surface area contributed by atoms with Crippen molar-refractivity contribution >= 4 is 28.9 Å². The number of aromatic nitrogens is 3. The number of aromatic amines is 1. The Morgan fingerprint density at radius 1 is 1.27 bits per heavy atom. The van der Waals surface area contributed by atoms with E-state index in [0.717, 1.165) is 36.8 Å². The average molecular weight is 406 g/mol. The van der Waals surface area contributed by atoms with Crippen molar-refractivity contribution < 1.29 is 14.3 Å². The summed E-state index contributed by atoms with van der Waals surface area (Å²) in [5, 5.41) is 14.0. The maximum atomic E-state index is 13.7. The number of nitrogens with zero attached hydrogens (tertiary/aromatic N) is 2. The van der Waals surface area contributed by atoms with Crippen LogP contribution in [0.3, 0.4) is 0 Å². The molecule has 0 aromatic carbocycles. The van der Waals surface area contributed by atoms with Gasteiger partial charge in [0.2, 0.25) is 0 Å². The molecule has 3 saturated carbocycles. The smallest absolute Gasteiger partial charge is 0.308 e. The van der Waals surface area contributed by atoms with Gasteiger partial charge in [0.15, 0.2) is 0 Å². The number of pyridine rings is 2. The van der Waals surface area contributed by atoms with Gasteiger partial charge in [-0.15, -0.1) is 0 Å². The number of carboxylic acids is 1. The molecule has 0 saturated heterocycles. The molecule has 3 heterocycles. The Kier molecular flexibility index (Phi) is 4.53. The first-order chi connectivity index (χ1) is 14.5. The minimum atomic E-state index is -0.739. The van der Waals surface area contributed by atoms with Crippen LogP contribution in [0.15, 0.2) is 37.2 Å². The summed E-state index contributed by atoms with van der Waals surface area (Å²) in [5.41, 5.74) is 2.81. The van der Waals surface area contributed by atoms with E-state index in [4.69, 9.17) is 4.98 Å². The van der Waals surface area contributed by atoms with Crippen LogP contribution >= 0.6 is 0 Å². The molecular formula is C23H23FN4O2. The maximum Gasteiger partial charge on any atom is 0.308 e. The topological polar surface area (TPSA) is 90.9 Å². The van der Waals surface area contributed by atoms with Crippen molar-refractivity contribution in [2.45, 2.75) is 31.7 Å². The van der Waals surface area contributed by atoms with Crippen LogP contribution in [-0.4, -0.2) is 32.1 Å². The molecule has 0 amide bonds. The van der Waals surface area contributed by atoms with E-state index in [2.05, 4.69) is 21.9 Å². The number of hydrogen-bond donors (Lipinski definition) is 3. The van der Waals surface area contributed by atoms with Crippen LogP contribution in [0, 0.1) is 23.6 Å². The third-order valence-electron chi connectivity index (χ3n) is 6.73. The molecule has 6 nitrogen and oxygen atoms in total. The van der Waals surface area contributed by atoms with Gasteiger partial charge in [-0.25, -0.2) is 14.4 Å². The zero-order valence-electron chi connectivity index (χ0n) is 16.4. The molecule has 6 rings (SSSR count). The van der Waals surface area contributed by atoms with Crippen molar-refractivity contribution in [3.8, 4) is 11.3 Å². The average Bonchev–Trinajstić information content (AvgIpc) is 3.17. The molecule has 3 aromatic rings. The molecule has 3 fully saturated rings. The monoisotopic (exact) mass is 406 g/mol. The standard InChI is InChI=1S/C23H23FN4O2/c1-2-12-7-8-18(17-11-26-22-16(17)9-15(24)10-25-22)27-21(12)28-20-14-5-3-13(4-6-14)19(20)23(29)30/h2,7-11,13-14,19-20H,1,3-6H2,(H,25,26)(H,27,28)(H,29,30). The number of carboxylic acid groups (broad SMARTS) is 1. The molecule has 2 bridgehead atoms. The van der Waals surface area contributed by atoms with Crippen LogP contribution in [0.25, 0.3) is 28.4 Å². The van der Waals surface area contributed by atoms with E-state index in [-0.39, 0.29) is 12.0 Å². The Morgan fingerprint density at radius 2 is 2.03 bits per heavy atom. The van der Waals surface area contributed by atoms with Gasteiger partial charge in [-0.1, -0.05) is 12.7 Å². The van der Waals surface area contributed by atoms with Gasteiger partial charge in [-0.05, 0) is 55.7 Å². The highest BCUT2D eigenvalue weighted by Gasteiger charge is 2.47. The fourth-order valence-electron chi connectivity index (χ4n) is 5.26. The molecule has 7 heteroatoms. The van der Waals surface area contributed by atoms with E-state index in [9.17, 15) is 14.3 Å². The van der Waals surface area contributed by atoms with Gasteiger partial charge in [0.1, 0.15) is 17.3 Å². The van der Waals surface area contributed by atoms with Gasteiger partial charge >= 0.3 is 5.97 Å². The number of hydrogen-bond acceptors (Lipinski definition) is 4. The maximum absolute atomic E-state index is 13.7. The Morgan fingerprint density at radius 3 is 2.77 bits per heavy atom. The Bertz CT molecular complexity index is 1130. The molecule has 3 aliphatic carbocycles. The molecule has 2 atom stereocenters. The third kappa shape index (κ3) is 3.05. The Hall–Kier alpha value is -3.22. The molecule has 154 valence electrons. The van der Waals surface area contributed by atoms with Gasteiger partial charge in [-0.3, -0.25) is 4.79 Å². The minimum Gasteiger partial charge on any atom is -0.481 e. The van der Waals surface area contributed by atoms with Crippen LogP contribution in [-0.2, 0) is 4.79 Å². The lowest BCUT2D eigenvalue weighted by atomic mass is 9.61. The molecule has 3 aromatic heterocycles. The molecule has 0 aliphatic heterocycles. The highest BCUT2D eigenvalue weighted by Crippen LogP contribution is 2.46. The van der Waals surface area contributed by atoms with E-state index < -0.39 is 17.7 Å². The van der Waals surface area contributed by atoms with Crippen LogP contribution in [0.5, 0.6) is 0 Å². The first-order valence-corrected chi connectivity index (χ1v) is 10.3. The number of carbonyl (C=O) groups is 1. The quantitative estimate of drug-likeness (QED) is 0.571. The van der Waals surface area contributed by atoms with Crippen molar-refractivity contribution in [3.05, 3.63) is 48.6 Å². The van der Waals surface area contributed by atoms with Crippen LogP contribution in [0.1, 0.15) is 31.2 Å². The summed E-state index contributed by atoms with van der Waals surface area (Å²) >= 11 is 0. The van der Waals surface area contributed by atoms with Gasteiger partial charge < -0.3 is 15.4 Å². The molecule has 0 spiro atoms. The second kappa shape index (κ2) is 7.23. The van der Waals surface area contributed by atoms with Crippen molar-refractivity contribution in [1.29, 1.82) is 0 Å². The normalized spacial score (nSPS) is 25.4. The predicted octanol–water partition coefficient (Wildman–Crippen LogP) is 4.71. The van der Waals surface area contributed by atoms with E-state index >= 15 is 0 Å². The van der Waals surface area contributed by atoms with E-state index in [0.29, 0.717) is 28.5 Å². The molecule has 3 N–H and O–H groups in total. The summed E-state index contributed by atoms with van der Waals surface area (Å²) in [4.78, 5) is 23.9. The second-order valence-electron chi connectivity index (χ2n) is 8.30. The largest absolute Gasteiger partial charge is 0.481 e. The number of H-pyrrole nitrogens is 1. The summed E-state index contributed by atoms with van der Waals surface area (Å²) in [6.07, 6.45) is 8.70. The molecular weight excluding hydrogens is 383 g/mol. The lowest BCUT2D eigenvalue weighted by Gasteiger charge is -2.47. The summed E-state index contributed by atoms with van der Waals surface area (Å²) < 4.78 is 13.7. The van der Waals surface area contributed by atoms with Gasteiger partial charge in [0, 0.05) is 28.8 Å². The molecule has 30 heavy (non-hydrogen) atoms. The summed E-state index contributed by atoms with van der Waals surface area (Å²) in [6, 6.07) is 5.04. The SMILES string of the molecule is C=Cc1ccc(-c2c[nH]c3ncc(F)cc23)nc1NC1C2CCC(CC2)C1C(=O)O. The fraction of sp³-hybridized carbons (Fsp3) is 0.348. The van der Waals surface area contributed by atoms with E-state index in [1.165, 1.54) is 12.3 Å². The number of halogens is 1. The predicted molar refractivity (Wildman–Crippen MR) is 113 cm³/mol.